The van der Waals surface area contributed by atoms with Gasteiger partial charge < -0.3 is 14.5 Å². The molecule has 0 bridgehead atoms. The topological polar surface area (TPSA) is 32.8 Å². The van der Waals surface area contributed by atoms with Gasteiger partial charge in [-0.15, -0.1) is 0 Å². The molecule has 0 aromatic heterocycles. The summed E-state index contributed by atoms with van der Waals surface area (Å²) in [6.07, 6.45) is 5.09. The van der Waals surface area contributed by atoms with Gasteiger partial charge in [-0.3, -0.25) is 0 Å². The van der Waals surface area contributed by atoms with Gasteiger partial charge in [-0.25, -0.2) is 4.79 Å². The van der Waals surface area contributed by atoms with Crippen LogP contribution in [0.4, 0.5) is 5.69 Å². The number of carbonyl (C=O) groups is 1. The van der Waals surface area contributed by atoms with Gasteiger partial charge in [0.25, 0.3) is 0 Å². The van der Waals surface area contributed by atoms with Crippen LogP contribution in [0.5, 0.6) is 0 Å². The molecule has 45 heavy (non-hydrogen) atoms. The van der Waals surface area contributed by atoms with Gasteiger partial charge in [0.05, 0.1) is 5.57 Å². The average molecular weight is 601 g/mol. The molecule has 0 unspecified atom stereocenters. The molecule has 0 aliphatic carbocycles. The Bertz CT molecular complexity index is 1510. The predicted molar refractivity (Wildman–Crippen MR) is 186 cm³/mol. The highest BCUT2D eigenvalue weighted by Crippen LogP contribution is 2.43. The molecule has 0 amide bonds. The fourth-order valence-electron chi connectivity index (χ4n) is 6.82. The highest BCUT2D eigenvalue weighted by atomic mass is 16.6. The lowest BCUT2D eigenvalue weighted by atomic mass is 9.79. The summed E-state index contributed by atoms with van der Waals surface area (Å²) in [6.45, 7) is 5.96. The third-order valence-electron chi connectivity index (χ3n) is 9.11. The molecule has 0 N–H and O–H groups in total. The smallest absolute Gasteiger partial charge is 0.336 e. The van der Waals surface area contributed by atoms with Crippen LogP contribution < -0.4 is 4.90 Å². The quantitative estimate of drug-likeness (QED) is 0.135. The highest BCUT2D eigenvalue weighted by Gasteiger charge is 2.43. The number of esters is 1. The summed E-state index contributed by atoms with van der Waals surface area (Å²) in [4.78, 5) is 18.8. The van der Waals surface area contributed by atoms with E-state index in [4.69, 9.17) is 4.74 Å². The standard InChI is InChI=1S/C41H48N2O2/c1-5-26-41(27-25-32-17-10-7-11-18-32)29-38(42(3)4)39(40(44)45-41)37(6-2)35-23-16-24-36(28-35)43(30-33-19-12-8-13-20-33)31-34-21-14-9-15-22-34/h7-24,28,37H,5-6,25-27,29-31H2,1-4H3/t37-,41+/m0/s1. The first kappa shape index (κ1) is 32.1. The molecule has 1 aliphatic rings. The molecule has 4 aromatic rings. The minimum absolute atomic E-state index is 0.0566. The Labute approximate surface area is 270 Å². The highest BCUT2D eigenvalue weighted by molar-refractivity contribution is 5.92. The first-order valence-corrected chi connectivity index (χ1v) is 16.5. The van der Waals surface area contributed by atoms with E-state index in [1.54, 1.807) is 0 Å². The Hall–Kier alpha value is -4.31. The van der Waals surface area contributed by atoms with Crippen molar-refractivity contribution < 1.29 is 9.53 Å². The third kappa shape index (κ3) is 8.05. The van der Waals surface area contributed by atoms with E-state index < -0.39 is 5.60 Å². The van der Waals surface area contributed by atoms with Gasteiger partial charge in [0.1, 0.15) is 5.60 Å². The third-order valence-corrected chi connectivity index (χ3v) is 9.11. The van der Waals surface area contributed by atoms with E-state index in [2.05, 4.69) is 147 Å². The number of anilines is 1. The molecule has 4 heteroatoms. The number of rotatable bonds is 14. The molecular formula is C41H48N2O2. The summed E-state index contributed by atoms with van der Waals surface area (Å²) in [5.41, 5.74) is 7.54. The average Bonchev–Trinajstić information content (AvgIpc) is 3.06. The summed E-state index contributed by atoms with van der Waals surface area (Å²) < 4.78 is 6.54. The molecule has 0 saturated carbocycles. The maximum atomic E-state index is 14.2. The van der Waals surface area contributed by atoms with Crippen molar-refractivity contribution in [1.29, 1.82) is 0 Å². The van der Waals surface area contributed by atoms with Crippen LogP contribution in [0.25, 0.3) is 0 Å². The van der Waals surface area contributed by atoms with Crippen molar-refractivity contribution >= 4 is 11.7 Å². The molecule has 1 aliphatic heterocycles. The Morgan fingerprint density at radius 1 is 0.733 bits per heavy atom. The van der Waals surface area contributed by atoms with Crippen molar-refractivity contribution in [1.82, 2.24) is 4.90 Å². The van der Waals surface area contributed by atoms with Gasteiger partial charge in [0.15, 0.2) is 0 Å². The molecule has 2 atom stereocenters. The SMILES string of the molecule is CCC[C@@]1(CCc2ccccc2)CC(N(C)C)=C([C@@H](CC)c2cccc(N(Cc3ccccc3)Cc3ccccc3)c2)C(=O)O1. The van der Waals surface area contributed by atoms with Crippen LogP contribution in [0.1, 0.15) is 74.1 Å². The maximum Gasteiger partial charge on any atom is 0.336 e. The molecule has 0 spiro atoms. The van der Waals surface area contributed by atoms with Crippen LogP contribution in [-0.2, 0) is 29.0 Å². The first-order chi connectivity index (χ1) is 21.9. The fraction of sp³-hybridized carbons (Fsp3) is 0.341. The van der Waals surface area contributed by atoms with Crippen LogP contribution in [0, 0.1) is 0 Å². The number of ether oxygens (including phenoxy) is 1. The zero-order valence-electron chi connectivity index (χ0n) is 27.4. The molecule has 4 aromatic carbocycles. The van der Waals surface area contributed by atoms with Crippen LogP contribution in [-0.4, -0.2) is 30.6 Å². The van der Waals surface area contributed by atoms with E-state index in [9.17, 15) is 4.79 Å². The molecule has 0 radical (unpaired) electrons. The molecule has 5 rings (SSSR count). The molecule has 234 valence electrons. The minimum atomic E-state index is -0.493. The molecular weight excluding hydrogens is 552 g/mol. The summed E-state index contributed by atoms with van der Waals surface area (Å²) in [7, 11) is 4.15. The first-order valence-electron chi connectivity index (χ1n) is 16.5. The van der Waals surface area contributed by atoms with E-state index in [1.807, 2.05) is 6.07 Å². The van der Waals surface area contributed by atoms with E-state index in [-0.39, 0.29) is 11.9 Å². The lowest BCUT2D eigenvalue weighted by Gasteiger charge is -2.42. The largest absolute Gasteiger partial charge is 0.455 e. The molecule has 4 nitrogen and oxygen atoms in total. The van der Waals surface area contributed by atoms with Crippen LogP contribution in [0.15, 0.2) is 127 Å². The fourth-order valence-corrected chi connectivity index (χ4v) is 6.82. The lowest BCUT2D eigenvalue weighted by Crippen LogP contribution is -2.44. The van der Waals surface area contributed by atoms with E-state index >= 15 is 0 Å². The molecule has 1 heterocycles. The van der Waals surface area contributed by atoms with Crippen LogP contribution in [0.3, 0.4) is 0 Å². The number of hydrogen-bond acceptors (Lipinski definition) is 4. The number of cyclic esters (lactones) is 1. The second kappa shape index (κ2) is 15.1. The number of carbonyl (C=O) groups excluding carboxylic acids is 1. The Balaban J connectivity index is 1.48. The second-order valence-electron chi connectivity index (χ2n) is 12.6. The zero-order valence-corrected chi connectivity index (χ0v) is 27.4. The van der Waals surface area contributed by atoms with Crippen molar-refractivity contribution in [3.63, 3.8) is 0 Å². The zero-order chi connectivity index (χ0) is 31.6. The normalized spacial score (nSPS) is 17.1. The van der Waals surface area contributed by atoms with E-state index in [0.29, 0.717) is 0 Å². The van der Waals surface area contributed by atoms with Crippen molar-refractivity contribution in [2.24, 2.45) is 0 Å². The Morgan fingerprint density at radius 2 is 1.31 bits per heavy atom. The summed E-state index contributed by atoms with van der Waals surface area (Å²) in [6, 6.07) is 40.6. The predicted octanol–water partition coefficient (Wildman–Crippen LogP) is 9.32. The lowest BCUT2D eigenvalue weighted by molar-refractivity contribution is -0.160. The monoisotopic (exact) mass is 600 g/mol. The van der Waals surface area contributed by atoms with Gasteiger partial charge in [-0.05, 0) is 60.1 Å². The summed E-state index contributed by atoms with van der Waals surface area (Å²) in [5.74, 6) is -0.215. The number of aryl methyl sites for hydroxylation is 1. The van der Waals surface area contributed by atoms with Crippen molar-refractivity contribution in [3.05, 3.63) is 149 Å². The Kier molecular flexibility index (Phi) is 10.8. The minimum Gasteiger partial charge on any atom is -0.455 e. The number of nitrogens with zero attached hydrogens (tertiary/aromatic N) is 2. The van der Waals surface area contributed by atoms with Gasteiger partial charge in [-0.1, -0.05) is 123 Å². The van der Waals surface area contributed by atoms with Crippen molar-refractivity contribution in [2.45, 2.75) is 77.0 Å². The van der Waals surface area contributed by atoms with Gasteiger partial charge in [0, 0.05) is 50.9 Å². The van der Waals surface area contributed by atoms with Gasteiger partial charge in [0.2, 0.25) is 0 Å². The van der Waals surface area contributed by atoms with Crippen molar-refractivity contribution in [2.75, 3.05) is 19.0 Å². The Morgan fingerprint density at radius 3 is 1.84 bits per heavy atom. The van der Waals surface area contributed by atoms with E-state index in [0.717, 1.165) is 74.1 Å². The molecule has 0 fully saturated rings. The number of hydrogen-bond donors (Lipinski definition) is 0. The van der Waals surface area contributed by atoms with Gasteiger partial charge in [-0.2, -0.15) is 0 Å². The van der Waals surface area contributed by atoms with E-state index in [1.165, 1.54) is 16.7 Å². The second-order valence-corrected chi connectivity index (χ2v) is 12.6. The summed E-state index contributed by atoms with van der Waals surface area (Å²) >= 11 is 0. The van der Waals surface area contributed by atoms with Crippen LogP contribution in [0.2, 0.25) is 0 Å². The molecule has 0 saturated heterocycles. The summed E-state index contributed by atoms with van der Waals surface area (Å²) in [5, 5.41) is 0. The maximum absolute atomic E-state index is 14.2. The van der Waals surface area contributed by atoms with Crippen molar-refractivity contribution in [3.8, 4) is 0 Å². The van der Waals surface area contributed by atoms with Gasteiger partial charge >= 0.3 is 5.97 Å². The van der Waals surface area contributed by atoms with Crippen LogP contribution >= 0.6 is 0 Å². The number of benzene rings is 4.